The maximum Gasteiger partial charge on any atom is 0.338 e. The number of carboxylic acid groups (broad SMARTS) is 1. The van der Waals surface area contributed by atoms with Crippen LogP contribution in [0.1, 0.15) is 22.8 Å². The molecule has 7 nitrogen and oxygen atoms in total. The molecule has 0 aliphatic heterocycles. The van der Waals surface area contributed by atoms with Gasteiger partial charge in [0.05, 0.1) is 12.2 Å². The molecule has 0 aliphatic rings. The van der Waals surface area contributed by atoms with Gasteiger partial charge < -0.3 is 19.1 Å². The molecule has 0 spiro atoms. The Labute approximate surface area is 189 Å². The predicted octanol–water partition coefficient (Wildman–Crippen LogP) is 5.42. The van der Waals surface area contributed by atoms with Crippen LogP contribution in [-0.4, -0.2) is 34.6 Å². The Balaban J connectivity index is 1.64. The van der Waals surface area contributed by atoms with Crippen LogP contribution in [0.3, 0.4) is 0 Å². The van der Waals surface area contributed by atoms with Gasteiger partial charge in [0.25, 0.3) is 5.89 Å². The van der Waals surface area contributed by atoms with Crippen molar-refractivity contribution in [2.45, 2.75) is 13.5 Å². The lowest BCUT2D eigenvalue weighted by molar-refractivity contribution is -0.0570. The first-order chi connectivity index (χ1) is 16.1. The fourth-order valence-corrected chi connectivity index (χ4v) is 3.33. The second-order valence-electron chi connectivity index (χ2n) is 7.12. The van der Waals surface area contributed by atoms with Gasteiger partial charge in [-0.25, -0.2) is 9.18 Å². The Bertz CT molecular complexity index is 1260. The summed E-state index contributed by atoms with van der Waals surface area (Å²) < 4.78 is 30.4. The molecule has 0 atom stereocenters. The van der Waals surface area contributed by atoms with Crippen molar-refractivity contribution >= 4 is 5.97 Å². The van der Waals surface area contributed by atoms with Gasteiger partial charge in [0.15, 0.2) is 0 Å². The van der Waals surface area contributed by atoms with Gasteiger partial charge in [-0.05, 0) is 53.9 Å². The van der Waals surface area contributed by atoms with Crippen molar-refractivity contribution in [1.29, 1.82) is 0 Å². The number of hydrogen-bond donors (Lipinski definition) is 1. The van der Waals surface area contributed by atoms with E-state index in [0.29, 0.717) is 24.3 Å². The van der Waals surface area contributed by atoms with Gasteiger partial charge in [0.1, 0.15) is 12.6 Å². The number of aromatic carboxylic acids is 1. The third-order valence-electron chi connectivity index (χ3n) is 4.95. The van der Waals surface area contributed by atoms with Crippen molar-refractivity contribution in [3.05, 3.63) is 83.7 Å². The zero-order valence-corrected chi connectivity index (χ0v) is 17.8. The number of rotatable bonds is 9. The van der Waals surface area contributed by atoms with Crippen molar-refractivity contribution in [2.24, 2.45) is 0 Å². The lowest BCUT2D eigenvalue weighted by Crippen LogP contribution is -2.01. The summed E-state index contributed by atoms with van der Waals surface area (Å²) in [6, 6.07) is 19.3. The molecule has 0 saturated heterocycles. The van der Waals surface area contributed by atoms with Gasteiger partial charge in [-0.2, -0.15) is 4.98 Å². The van der Waals surface area contributed by atoms with Gasteiger partial charge in [0, 0.05) is 17.7 Å². The highest BCUT2D eigenvalue weighted by Crippen LogP contribution is 2.30. The topological polar surface area (TPSA) is 94.7 Å². The molecule has 4 rings (SSSR count). The summed E-state index contributed by atoms with van der Waals surface area (Å²) in [5.41, 5.74) is 3.52. The highest BCUT2D eigenvalue weighted by Gasteiger charge is 2.16. The Morgan fingerprint density at radius 1 is 1.00 bits per heavy atom. The number of ether oxygens (including phenoxy) is 2. The monoisotopic (exact) mass is 448 g/mol. The van der Waals surface area contributed by atoms with Crippen LogP contribution in [0.5, 0.6) is 0 Å². The maximum atomic E-state index is 14.1. The van der Waals surface area contributed by atoms with E-state index in [4.69, 9.17) is 19.1 Å². The summed E-state index contributed by atoms with van der Waals surface area (Å²) in [5.74, 6) is -1.81. The van der Waals surface area contributed by atoms with Crippen molar-refractivity contribution in [3.8, 4) is 34.0 Å². The SMILES string of the molecule is CCOCOCc1cc(-c2nc(-c3ccc(C(=O)O)c(F)c3)no2)ccc1-c1ccccc1. The van der Waals surface area contributed by atoms with Gasteiger partial charge in [0.2, 0.25) is 5.82 Å². The van der Waals surface area contributed by atoms with E-state index in [2.05, 4.69) is 10.1 Å². The molecule has 4 aromatic rings. The Hall–Kier alpha value is -3.88. The fraction of sp³-hybridized carbons (Fsp3) is 0.160. The number of carboxylic acids is 1. The van der Waals surface area contributed by atoms with Gasteiger partial charge in [-0.3, -0.25) is 0 Å². The first-order valence-corrected chi connectivity index (χ1v) is 10.3. The van der Waals surface area contributed by atoms with Crippen LogP contribution in [0.4, 0.5) is 4.39 Å². The van der Waals surface area contributed by atoms with Gasteiger partial charge in [-0.1, -0.05) is 41.6 Å². The number of nitrogens with zero attached hydrogens (tertiary/aromatic N) is 2. The largest absolute Gasteiger partial charge is 0.478 e. The van der Waals surface area contributed by atoms with Crippen molar-refractivity contribution in [1.82, 2.24) is 10.1 Å². The van der Waals surface area contributed by atoms with Crippen LogP contribution in [0, 0.1) is 5.82 Å². The third-order valence-corrected chi connectivity index (χ3v) is 4.95. The van der Waals surface area contributed by atoms with Crippen LogP contribution in [-0.2, 0) is 16.1 Å². The first kappa shape index (κ1) is 22.3. The molecule has 0 bridgehead atoms. The molecule has 0 radical (unpaired) electrons. The summed E-state index contributed by atoms with van der Waals surface area (Å²) in [6.45, 7) is 2.95. The van der Waals surface area contributed by atoms with Crippen LogP contribution >= 0.6 is 0 Å². The quantitative estimate of drug-likeness (QED) is 0.270. The number of hydrogen-bond acceptors (Lipinski definition) is 6. The molecule has 1 aromatic heterocycles. The molecule has 0 fully saturated rings. The molecular formula is C25H21FN2O5. The fourth-order valence-electron chi connectivity index (χ4n) is 3.33. The molecule has 3 aromatic carbocycles. The second-order valence-corrected chi connectivity index (χ2v) is 7.12. The van der Waals surface area contributed by atoms with Crippen LogP contribution in [0.15, 0.2) is 71.3 Å². The summed E-state index contributed by atoms with van der Waals surface area (Å²) in [7, 11) is 0. The van der Waals surface area contributed by atoms with Crippen LogP contribution < -0.4 is 0 Å². The number of aromatic nitrogens is 2. The molecule has 168 valence electrons. The lowest BCUT2D eigenvalue weighted by Gasteiger charge is -2.12. The minimum Gasteiger partial charge on any atom is -0.478 e. The van der Waals surface area contributed by atoms with Crippen LogP contribution in [0.2, 0.25) is 0 Å². The molecule has 0 saturated carbocycles. The van der Waals surface area contributed by atoms with Gasteiger partial charge >= 0.3 is 5.97 Å². The van der Waals surface area contributed by atoms with Gasteiger partial charge in [-0.15, -0.1) is 0 Å². The minimum absolute atomic E-state index is 0.155. The first-order valence-electron chi connectivity index (χ1n) is 10.3. The molecule has 1 N–H and O–H groups in total. The Kier molecular flexibility index (Phi) is 6.87. The molecule has 1 heterocycles. The lowest BCUT2D eigenvalue weighted by atomic mass is 9.98. The third kappa shape index (κ3) is 5.14. The molecule has 0 unspecified atom stereocenters. The van der Waals surface area contributed by atoms with E-state index in [9.17, 15) is 9.18 Å². The van der Waals surface area contributed by atoms with Crippen LogP contribution in [0.25, 0.3) is 34.0 Å². The van der Waals surface area contributed by atoms with E-state index in [1.807, 2.05) is 55.5 Å². The van der Waals surface area contributed by atoms with E-state index in [1.165, 1.54) is 12.1 Å². The standard InChI is InChI=1S/C25H21FN2O5/c1-2-31-15-32-14-19-12-18(9-10-20(19)16-6-4-3-5-7-16)24-27-23(28-33-24)17-8-11-21(25(29)30)22(26)13-17/h3-13H,2,14-15H2,1H3,(H,29,30). The summed E-state index contributed by atoms with van der Waals surface area (Å²) in [5, 5.41) is 12.9. The van der Waals surface area contributed by atoms with E-state index in [-0.39, 0.29) is 18.5 Å². The average molecular weight is 448 g/mol. The molecular weight excluding hydrogens is 427 g/mol. The zero-order chi connectivity index (χ0) is 23.2. The van der Waals surface area contributed by atoms with E-state index < -0.39 is 17.3 Å². The highest BCUT2D eigenvalue weighted by atomic mass is 19.1. The van der Waals surface area contributed by atoms with Crippen molar-refractivity contribution in [3.63, 3.8) is 0 Å². The average Bonchev–Trinajstić information content (AvgIpc) is 3.32. The Morgan fingerprint density at radius 2 is 1.79 bits per heavy atom. The predicted molar refractivity (Wildman–Crippen MR) is 119 cm³/mol. The van der Waals surface area contributed by atoms with Crippen molar-refractivity contribution < 1.29 is 28.3 Å². The Morgan fingerprint density at radius 3 is 2.52 bits per heavy atom. The molecule has 0 amide bonds. The second kappa shape index (κ2) is 10.2. The summed E-state index contributed by atoms with van der Waals surface area (Å²) in [6.07, 6.45) is 0. The van der Waals surface area contributed by atoms with E-state index in [1.54, 1.807) is 0 Å². The number of benzene rings is 3. The number of halogens is 1. The van der Waals surface area contributed by atoms with Crippen molar-refractivity contribution in [2.75, 3.05) is 13.4 Å². The molecule has 0 aliphatic carbocycles. The smallest absolute Gasteiger partial charge is 0.338 e. The van der Waals surface area contributed by atoms with E-state index in [0.717, 1.165) is 22.8 Å². The highest BCUT2D eigenvalue weighted by molar-refractivity contribution is 5.88. The normalized spacial score (nSPS) is 11.0. The minimum atomic E-state index is -1.34. The summed E-state index contributed by atoms with van der Waals surface area (Å²) >= 11 is 0. The number of carbonyl (C=O) groups is 1. The summed E-state index contributed by atoms with van der Waals surface area (Å²) in [4.78, 5) is 15.4. The molecule has 33 heavy (non-hydrogen) atoms. The zero-order valence-electron chi connectivity index (χ0n) is 17.8. The maximum absolute atomic E-state index is 14.1. The molecule has 8 heteroatoms. The van der Waals surface area contributed by atoms with E-state index >= 15 is 0 Å².